The van der Waals surface area contributed by atoms with E-state index < -0.39 is 16.8 Å². The van der Waals surface area contributed by atoms with E-state index in [-0.39, 0.29) is 11.8 Å². The maximum absolute atomic E-state index is 11.9. The van der Waals surface area contributed by atoms with Crippen molar-refractivity contribution in [1.29, 1.82) is 0 Å². The summed E-state index contributed by atoms with van der Waals surface area (Å²) in [5.74, 6) is 0.107. The Bertz CT molecular complexity index is 429. The van der Waals surface area contributed by atoms with Gasteiger partial charge < -0.3 is 5.11 Å². The molecule has 0 aliphatic heterocycles. The van der Waals surface area contributed by atoms with E-state index in [9.17, 15) is 9.00 Å². The lowest BCUT2D eigenvalue weighted by Crippen LogP contribution is -2.17. The molecule has 1 aromatic rings. The van der Waals surface area contributed by atoms with Crippen LogP contribution in [0.1, 0.15) is 25.0 Å². The van der Waals surface area contributed by atoms with Crippen LogP contribution in [0.15, 0.2) is 24.4 Å². The molecule has 17 heavy (non-hydrogen) atoms. The van der Waals surface area contributed by atoms with Crippen molar-refractivity contribution in [2.24, 2.45) is 5.41 Å². The summed E-state index contributed by atoms with van der Waals surface area (Å²) in [6.07, 6.45) is 3.58. The highest BCUT2D eigenvalue weighted by atomic mass is 32.2. The van der Waals surface area contributed by atoms with Gasteiger partial charge in [0.05, 0.1) is 17.9 Å². The van der Waals surface area contributed by atoms with Gasteiger partial charge in [-0.25, -0.2) is 0 Å². The highest BCUT2D eigenvalue weighted by Gasteiger charge is 2.45. The zero-order chi connectivity index (χ0) is 12.3. The largest absolute Gasteiger partial charge is 0.481 e. The lowest BCUT2D eigenvalue weighted by Gasteiger charge is -2.11. The van der Waals surface area contributed by atoms with E-state index in [2.05, 4.69) is 4.98 Å². The molecule has 2 rings (SSSR count). The molecule has 1 N–H and O–H groups in total. The first-order valence-electron chi connectivity index (χ1n) is 5.56. The van der Waals surface area contributed by atoms with Gasteiger partial charge in [0.1, 0.15) is 0 Å². The molecule has 1 heterocycles. The lowest BCUT2D eigenvalue weighted by molar-refractivity contribution is -0.138. The molecule has 5 heteroatoms. The molecule has 1 aromatic heterocycles. The van der Waals surface area contributed by atoms with Crippen LogP contribution in [0.3, 0.4) is 0 Å². The highest BCUT2D eigenvalue weighted by Crippen LogP contribution is 2.49. The SMILES string of the molecule is O=C(O)CC1(CS(=O)Cc2ccccn2)CC1. The van der Waals surface area contributed by atoms with Crippen LogP contribution in [0.5, 0.6) is 0 Å². The zero-order valence-electron chi connectivity index (χ0n) is 9.46. The predicted octanol–water partition coefficient (Wildman–Crippen LogP) is 1.59. The van der Waals surface area contributed by atoms with Crippen LogP contribution in [-0.2, 0) is 21.3 Å². The molecule has 0 saturated heterocycles. The van der Waals surface area contributed by atoms with E-state index >= 15 is 0 Å². The quantitative estimate of drug-likeness (QED) is 0.836. The van der Waals surface area contributed by atoms with Crippen molar-refractivity contribution in [3.63, 3.8) is 0 Å². The summed E-state index contributed by atoms with van der Waals surface area (Å²) < 4.78 is 11.9. The van der Waals surface area contributed by atoms with Crippen molar-refractivity contribution in [3.05, 3.63) is 30.1 Å². The third-order valence-electron chi connectivity index (χ3n) is 2.99. The molecule has 0 bridgehead atoms. The van der Waals surface area contributed by atoms with Gasteiger partial charge in [0.2, 0.25) is 0 Å². The van der Waals surface area contributed by atoms with Crippen LogP contribution in [0, 0.1) is 5.41 Å². The average molecular weight is 253 g/mol. The van der Waals surface area contributed by atoms with Crippen LogP contribution >= 0.6 is 0 Å². The summed E-state index contributed by atoms with van der Waals surface area (Å²) in [5, 5.41) is 8.78. The summed E-state index contributed by atoms with van der Waals surface area (Å²) in [5.41, 5.74) is 0.600. The molecule has 0 spiro atoms. The number of pyridine rings is 1. The number of aromatic nitrogens is 1. The van der Waals surface area contributed by atoms with Gasteiger partial charge in [-0.05, 0) is 30.4 Å². The summed E-state index contributed by atoms with van der Waals surface area (Å²) in [4.78, 5) is 14.8. The number of hydrogen-bond donors (Lipinski definition) is 1. The zero-order valence-corrected chi connectivity index (χ0v) is 10.3. The van der Waals surface area contributed by atoms with E-state index in [0.29, 0.717) is 11.5 Å². The predicted molar refractivity (Wildman–Crippen MR) is 64.9 cm³/mol. The van der Waals surface area contributed by atoms with Crippen LogP contribution in [0.4, 0.5) is 0 Å². The van der Waals surface area contributed by atoms with Gasteiger partial charge >= 0.3 is 5.97 Å². The van der Waals surface area contributed by atoms with E-state index in [0.717, 1.165) is 18.5 Å². The maximum atomic E-state index is 11.9. The fourth-order valence-electron chi connectivity index (χ4n) is 1.91. The number of nitrogens with zero attached hydrogens (tertiary/aromatic N) is 1. The number of carboxylic acids is 1. The standard InChI is InChI=1S/C12H15NO3S/c14-11(15)7-12(4-5-12)9-17(16)8-10-3-1-2-6-13-10/h1-3,6H,4-5,7-9H2,(H,14,15). The molecular formula is C12H15NO3S. The molecule has 92 valence electrons. The number of aliphatic carboxylic acids is 1. The van der Waals surface area contributed by atoms with E-state index in [4.69, 9.17) is 5.11 Å². The average Bonchev–Trinajstić information content (AvgIpc) is 2.97. The molecule has 1 aliphatic rings. The Morgan fingerprint density at radius 3 is 2.76 bits per heavy atom. The smallest absolute Gasteiger partial charge is 0.303 e. The Kier molecular flexibility index (Phi) is 3.57. The second-order valence-corrected chi connectivity index (χ2v) is 6.08. The molecule has 0 amide bonds. The van der Waals surface area contributed by atoms with E-state index in [1.165, 1.54) is 0 Å². The monoisotopic (exact) mass is 253 g/mol. The Labute approximate surface area is 103 Å². The summed E-state index contributed by atoms with van der Waals surface area (Å²) in [6.45, 7) is 0. The minimum Gasteiger partial charge on any atom is -0.481 e. The Morgan fingerprint density at radius 1 is 1.47 bits per heavy atom. The second kappa shape index (κ2) is 4.96. The van der Waals surface area contributed by atoms with Crippen molar-refractivity contribution in [3.8, 4) is 0 Å². The minimum atomic E-state index is -1.02. The Morgan fingerprint density at radius 2 is 2.24 bits per heavy atom. The van der Waals surface area contributed by atoms with Gasteiger partial charge in [-0.15, -0.1) is 0 Å². The first-order chi connectivity index (χ1) is 8.10. The van der Waals surface area contributed by atoms with Gasteiger partial charge in [-0.3, -0.25) is 14.0 Å². The summed E-state index contributed by atoms with van der Waals surface area (Å²) in [7, 11) is -1.02. The fourth-order valence-corrected chi connectivity index (χ4v) is 3.59. The Hall–Kier alpha value is -1.23. The topological polar surface area (TPSA) is 67.3 Å². The summed E-state index contributed by atoms with van der Waals surface area (Å²) in [6, 6.07) is 5.53. The van der Waals surface area contributed by atoms with Gasteiger partial charge in [-0.2, -0.15) is 0 Å². The van der Waals surface area contributed by atoms with Crippen molar-refractivity contribution >= 4 is 16.8 Å². The van der Waals surface area contributed by atoms with E-state index in [1.54, 1.807) is 6.20 Å². The number of rotatable bonds is 6. The third kappa shape index (κ3) is 3.63. The first-order valence-corrected chi connectivity index (χ1v) is 7.05. The normalized spacial score (nSPS) is 18.6. The number of carboxylic acid groups (broad SMARTS) is 1. The second-order valence-electron chi connectivity index (χ2n) is 4.62. The molecular weight excluding hydrogens is 238 g/mol. The molecule has 0 radical (unpaired) electrons. The van der Waals surface area contributed by atoms with E-state index in [1.807, 2.05) is 18.2 Å². The summed E-state index contributed by atoms with van der Waals surface area (Å²) >= 11 is 0. The molecule has 4 nitrogen and oxygen atoms in total. The van der Waals surface area contributed by atoms with Crippen LogP contribution in [-0.4, -0.2) is 26.0 Å². The number of hydrogen-bond acceptors (Lipinski definition) is 3. The number of carbonyl (C=O) groups is 1. The maximum Gasteiger partial charge on any atom is 0.303 e. The Balaban J connectivity index is 1.88. The van der Waals surface area contributed by atoms with Gasteiger partial charge in [0.25, 0.3) is 0 Å². The molecule has 0 aromatic carbocycles. The van der Waals surface area contributed by atoms with Crippen LogP contribution in [0.25, 0.3) is 0 Å². The first kappa shape index (κ1) is 12.2. The highest BCUT2D eigenvalue weighted by molar-refractivity contribution is 7.84. The fraction of sp³-hybridized carbons (Fsp3) is 0.500. The van der Waals surface area contributed by atoms with Crippen molar-refractivity contribution in [1.82, 2.24) is 4.98 Å². The third-order valence-corrected chi connectivity index (χ3v) is 4.54. The molecule has 1 atom stereocenters. The molecule has 1 aliphatic carbocycles. The molecule has 1 fully saturated rings. The van der Waals surface area contributed by atoms with Gasteiger partial charge in [0.15, 0.2) is 0 Å². The van der Waals surface area contributed by atoms with Crippen molar-refractivity contribution in [2.75, 3.05) is 5.75 Å². The van der Waals surface area contributed by atoms with Gasteiger partial charge in [0, 0.05) is 22.7 Å². The molecule has 1 unspecified atom stereocenters. The van der Waals surface area contributed by atoms with Gasteiger partial charge in [-0.1, -0.05) is 6.07 Å². The lowest BCUT2D eigenvalue weighted by atomic mass is 10.1. The van der Waals surface area contributed by atoms with Crippen molar-refractivity contribution < 1.29 is 14.1 Å². The minimum absolute atomic E-state index is 0.140. The van der Waals surface area contributed by atoms with Crippen molar-refractivity contribution in [2.45, 2.75) is 25.0 Å². The van der Waals surface area contributed by atoms with Crippen LogP contribution < -0.4 is 0 Å². The molecule has 1 saturated carbocycles. The van der Waals surface area contributed by atoms with Crippen LogP contribution in [0.2, 0.25) is 0 Å².